The average Bonchev–Trinajstić information content (AvgIpc) is 3.07. The molecule has 1 saturated heterocycles. The van der Waals surface area contributed by atoms with Gasteiger partial charge in [-0.25, -0.2) is 0 Å². The third kappa shape index (κ3) is 5.24. The number of nitro groups is 1. The monoisotopic (exact) mass is 480 g/mol. The van der Waals surface area contributed by atoms with Crippen molar-refractivity contribution in [3.05, 3.63) is 110 Å². The van der Waals surface area contributed by atoms with E-state index in [9.17, 15) is 19.7 Å². The van der Waals surface area contributed by atoms with Crippen molar-refractivity contribution in [3.8, 4) is 5.75 Å². The van der Waals surface area contributed by atoms with Gasteiger partial charge in [0.2, 0.25) is 0 Å². The van der Waals surface area contributed by atoms with E-state index < -0.39 is 16.1 Å². The lowest BCUT2D eigenvalue weighted by molar-refractivity contribution is -0.384. The molecular weight excluding hydrogens is 464 g/mol. The number of nitro benzene ring substituents is 1. The average molecular weight is 481 g/mol. The van der Waals surface area contributed by atoms with Crippen LogP contribution in [0.2, 0.25) is 5.02 Å². The number of thioether (sulfide) groups is 1. The second kappa shape index (κ2) is 9.89. The molecule has 0 unspecified atom stereocenters. The Bertz CT molecular complexity index is 1280. The number of carbonyl (C=O) groups excluding carboxylic acids is 2. The van der Waals surface area contributed by atoms with Crippen molar-refractivity contribution in [1.29, 1.82) is 0 Å². The van der Waals surface area contributed by atoms with Crippen molar-refractivity contribution in [2.75, 3.05) is 0 Å². The Balaban J connectivity index is 1.52. The first kappa shape index (κ1) is 22.6. The standard InChI is InChI=1S/C24H17ClN2O5S/c25-20-10-3-1-8-18(20)15-32-21-11-4-2-7-17(21)13-22-23(28)26(24(29)33-22)14-16-6-5-9-19(12-16)27(30)31/h1-13H,14-15H2/b22-13+. The van der Waals surface area contributed by atoms with Crippen LogP contribution < -0.4 is 4.74 Å². The Kier molecular flexibility index (Phi) is 6.76. The smallest absolute Gasteiger partial charge is 0.293 e. The van der Waals surface area contributed by atoms with Crippen LogP contribution in [-0.2, 0) is 17.9 Å². The quantitative estimate of drug-likeness (QED) is 0.232. The molecule has 0 radical (unpaired) electrons. The number of imide groups is 1. The number of rotatable bonds is 7. The molecule has 2 amide bonds. The Labute approximate surface area is 198 Å². The van der Waals surface area contributed by atoms with Gasteiger partial charge in [0, 0.05) is 28.3 Å². The highest BCUT2D eigenvalue weighted by atomic mass is 35.5. The summed E-state index contributed by atoms with van der Waals surface area (Å²) in [6, 6.07) is 20.4. The van der Waals surface area contributed by atoms with E-state index in [1.54, 1.807) is 30.3 Å². The summed E-state index contributed by atoms with van der Waals surface area (Å²) >= 11 is 7.01. The SMILES string of the molecule is O=C1S/C(=C/c2ccccc2OCc2ccccc2Cl)C(=O)N1Cc1cccc([N+](=O)[O-])c1. The number of non-ortho nitro benzene ring substituents is 1. The molecule has 1 fully saturated rings. The Morgan fingerprint density at radius 2 is 1.79 bits per heavy atom. The van der Waals surface area contributed by atoms with Crippen molar-refractivity contribution in [1.82, 2.24) is 4.90 Å². The maximum atomic E-state index is 12.9. The second-order valence-corrected chi connectivity index (χ2v) is 8.51. The predicted molar refractivity (Wildman–Crippen MR) is 127 cm³/mol. The van der Waals surface area contributed by atoms with Crippen LogP contribution in [0, 0.1) is 10.1 Å². The number of carbonyl (C=O) groups is 2. The minimum absolute atomic E-state index is 0.0473. The summed E-state index contributed by atoms with van der Waals surface area (Å²) in [4.78, 5) is 37.2. The van der Waals surface area contributed by atoms with E-state index in [1.165, 1.54) is 18.2 Å². The van der Waals surface area contributed by atoms with Crippen LogP contribution in [0.25, 0.3) is 6.08 Å². The molecule has 0 bridgehead atoms. The van der Waals surface area contributed by atoms with E-state index in [0.29, 0.717) is 21.9 Å². The van der Waals surface area contributed by atoms with Gasteiger partial charge in [0.15, 0.2) is 0 Å². The van der Waals surface area contributed by atoms with E-state index in [2.05, 4.69) is 0 Å². The molecular formula is C24H17ClN2O5S. The fraction of sp³-hybridized carbons (Fsp3) is 0.0833. The van der Waals surface area contributed by atoms with E-state index in [4.69, 9.17) is 16.3 Å². The first-order chi connectivity index (χ1) is 15.9. The maximum Gasteiger partial charge on any atom is 0.293 e. The van der Waals surface area contributed by atoms with Crippen molar-refractivity contribution >= 4 is 46.3 Å². The minimum atomic E-state index is -0.517. The lowest BCUT2D eigenvalue weighted by Crippen LogP contribution is -2.27. The Morgan fingerprint density at radius 3 is 2.58 bits per heavy atom. The van der Waals surface area contributed by atoms with Gasteiger partial charge < -0.3 is 4.74 Å². The summed E-state index contributed by atoms with van der Waals surface area (Å²) < 4.78 is 5.92. The molecule has 0 atom stereocenters. The molecule has 1 aliphatic heterocycles. The molecule has 4 rings (SSSR count). The van der Waals surface area contributed by atoms with Crippen LogP contribution in [0.1, 0.15) is 16.7 Å². The van der Waals surface area contributed by atoms with E-state index in [0.717, 1.165) is 22.2 Å². The van der Waals surface area contributed by atoms with Crippen LogP contribution in [0.4, 0.5) is 10.5 Å². The molecule has 3 aromatic carbocycles. The van der Waals surface area contributed by atoms with Crippen molar-refractivity contribution in [2.24, 2.45) is 0 Å². The van der Waals surface area contributed by atoms with Crippen LogP contribution in [0.3, 0.4) is 0 Å². The molecule has 0 aromatic heterocycles. The van der Waals surface area contributed by atoms with Crippen LogP contribution in [0.15, 0.2) is 77.7 Å². The number of benzene rings is 3. The molecule has 1 heterocycles. The van der Waals surface area contributed by atoms with Gasteiger partial charge in [-0.05, 0) is 35.5 Å². The molecule has 9 heteroatoms. The summed E-state index contributed by atoms with van der Waals surface area (Å²) in [5, 5.41) is 11.2. The van der Waals surface area contributed by atoms with Crippen LogP contribution in [0.5, 0.6) is 5.75 Å². The van der Waals surface area contributed by atoms with Gasteiger partial charge in [-0.15, -0.1) is 0 Å². The summed E-state index contributed by atoms with van der Waals surface area (Å²) in [6.45, 7) is 0.202. The molecule has 1 aliphatic rings. The zero-order valence-corrected chi connectivity index (χ0v) is 18.7. The van der Waals surface area contributed by atoms with Crippen molar-refractivity contribution in [3.63, 3.8) is 0 Å². The van der Waals surface area contributed by atoms with Gasteiger partial charge in [-0.3, -0.25) is 24.6 Å². The molecule has 33 heavy (non-hydrogen) atoms. The zero-order chi connectivity index (χ0) is 23.4. The largest absolute Gasteiger partial charge is 0.488 e. The second-order valence-electron chi connectivity index (χ2n) is 7.11. The first-order valence-corrected chi connectivity index (χ1v) is 11.1. The van der Waals surface area contributed by atoms with Gasteiger partial charge in [-0.1, -0.05) is 60.1 Å². The Hall–Kier alpha value is -3.62. The number of halogens is 1. The van der Waals surface area contributed by atoms with Gasteiger partial charge >= 0.3 is 0 Å². The summed E-state index contributed by atoms with van der Waals surface area (Å²) in [5.74, 6) is 0.0836. The number of hydrogen-bond donors (Lipinski definition) is 0. The van der Waals surface area contributed by atoms with Gasteiger partial charge in [-0.2, -0.15) is 0 Å². The number of para-hydroxylation sites is 1. The molecule has 0 N–H and O–H groups in total. The first-order valence-electron chi connectivity index (χ1n) is 9.86. The lowest BCUT2D eigenvalue weighted by atomic mass is 10.1. The zero-order valence-electron chi connectivity index (χ0n) is 17.1. The van der Waals surface area contributed by atoms with Crippen molar-refractivity contribution < 1.29 is 19.2 Å². The van der Waals surface area contributed by atoms with Crippen LogP contribution >= 0.6 is 23.4 Å². The summed E-state index contributed by atoms with van der Waals surface area (Å²) in [6.07, 6.45) is 1.61. The number of amides is 2. The number of nitrogens with zero attached hydrogens (tertiary/aromatic N) is 2. The summed E-state index contributed by atoms with van der Waals surface area (Å²) in [7, 11) is 0. The third-order valence-corrected chi connectivity index (χ3v) is 6.16. The van der Waals surface area contributed by atoms with E-state index >= 15 is 0 Å². The topological polar surface area (TPSA) is 89.8 Å². The third-order valence-electron chi connectivity index (χ3n) is 4.88. The molecule has 0 aliphatic carbocycles. The molecule has 166 valence electrons. The van der Waals surface area contributed by atoms with Gasteiger partial charge in [0.1, 0.15) is 12.4 Å². The summed E-state index contributed by atoms with van der Waals surface area (Å²) in [5.41, 5.74) is 1.87. The van der Waals surface area contributed by atoms with Gasteiger partial charge in [0.05, 0.1) is 16.4 Å². The van der Waals surface area contributed by atoms with E-state index in [1.807, 2.05) is 30.3 Å². The predicted octanol–water partition coefficient (Wildman–Crippen LogP) is 6.06. The van der Waals surface area contributed by atoms with Crippen molar-refractivity contribution in [2.45, 2.75) is 13.2 Å². The Morgan fingerprint density at radius 1 is 1.03 bits per heavy atom. The number of hydrogen-bond acceptors (Lipinski definition) is 6. The molecule has 3 aromatic rings. The highest BCUT2D eigenvalue weighted by Crippen LogP contribution is 2.35. The van der Waals surface area contributed by atoms with E-state index in [-0.39, 0.29) is 23.7 Å². The lowest BCUT2D eigenvalue weighted by Gasteiger charge is -2.12. The normalized spacial score (nSPS) is 14.7. The van der Waals surface area contributed by atoms with Gasteiger partial charge in [0.25, 0.3) is 16.8 Å². The fourth-order valence-corrected chi connectivity index (χ4v) is 4.25. The van der Waals surface area contributed by atoms with Crippen LogP contribution in [-0.4, -0.2) is 21.0 Å². The highest BCUT2D eigenvalue weighted by Gasteiger charge is 2.35. The number of ether oxygens (including phenoxy) is 1. The molecule has 0 saturated carbocycles. The fourth-order valence-electron chi connectivity index (χ4n) is 3.23. The highest BCUT2D eigenvalue weighted by molar-refractivity contribution is 8.18. The molecule has 0 spiro atoms. The maximum absolute atomic E-state index is 12.9. The minimum Gasteiger partial charge on any atom is -0.488 e. The molecule has 7 nitrogen and oxygen atoms in total.